The van der Waals surface area contributed by atoms with Crippen molar-refractivity contribution in [1.29, 1.82) is 0 Å². The molecule has 0 bridgehead atoms. The summed E-state index contributed by atoms with van der Waals surface area (Å²) in [4.78, 5) is 10.6. The molecule has 2 unspecified atom stereocenters. The van der Waals surface area contributed by atoms with Crippen LogP contribution < -0.4 is 5.73 Å². The van der Waals surface area contributed by atoms with E-state index in [1.165, 1.54) is 0 Å². The number of carboxylic acids is 1. The van der Waals surface area contributed by atoms with Crippen LogP contribution in [0.4, 0.5) is 0 Å². The molecular weight excluding hydrogens is 182 g/mol. The Morgan fingerprint density at radius 1 is 1.64 bits per heavy atom. The molecule has 4 nitrogen and oxygen atoms in total. The van der Waals surface area contributed by atoms with Crippen LogP contribution in [0.15, 0.2) is 16.5 Å². The summed E-state index contributed by atoms with van der Waals surface area (Å²) in [6.07, 6.45) is 0.391. The van der Waals surface area contributed by atoms with E-state index in [0.717, 1.165) is 5.76 Å². The van der Waals surface area contributed by atoms with E-state index in [4.69, 9.17) is 15.3 Å². The van der Waals surface area contributed by atoms with Crippen molar-refractivity contribution < 1.29 is 14.3 Å². The molecule has 2 atom stereocenters. The second-order valence-electron chi connectivity index (χ2n) is 3.53. The Kier molecular flexibility index (Phi) is 3.30. The van der Waals surface area contributed by atoms with Crippen molar-refractivity contribution in [3.05, 3.63) is 23.7 Å². The molecule has 14 heavy (non-hydrogen) atoms. The molecule has 1 heterocycles. The van der Waals surface area contributed by atoms with Crippen LogP contribution in [-0.4, -0.2) is 11.1 Å². The maximum absolute atomic E-state index is 10.6. The topological polar surface area (TPSA) is 76.5 Å². The summed E-state index contributed by atoms with van der Waals surface area (Å²) in [5.41, 5.74) is 5.79. The third kappa shape index (κ3) is 2.60. The number of hydrogen-bond donors (Lipinski definition) is 2. The summed E-state index contributed by atoms with van der Waals surface area (Å²) >= 11 is 0. The highest BCUT2D eigenvalue weighted by Crippen LogP contribution is 2.20. The highest BCUT2D eigenvalue weighted by molar-refractivity contribution is 5.69. The fraction of sp³-hybridized carbons (Fsp3) is 0.500. The van der Waals surface area contributed by atoms with Gasteiger partial charge in [-0.05, 0) is 25.5 Å². The summed E-state index contributed by atoms with van der Waals surface area (Å²) in [5, 5.41) is 8.70. The van der Waals surface area contributed by atoms with E-state index in [0.29, 0.717) is 12.2 Å². The van der Waals surface area contributed by atoms with Crippen molar-refractivity contribution in [2.24, 2.45) is 11.7 Å². The first-order valence-corrected chi connectivity index (χ1v) is 4.55. The molecule has 0 aliphatic heterocycles. The molecule has 0 spiro atoms. The van der Waals surface area contributed by atoms with Gasteiger partial charge in [0.15, 0.2) is 0 Å². The van der Waals surface area contributed by atoms with Crippen molar-refractivity contribution in [1.82, 2.24) is 0 Å². The Morgan fingerprint density at radius 2 is 2.29 bits per heavy atom. The second-order valence-corrected chi connectivity index (χ2v) is 3.53. The van der Waals surface area contributed by atoms with Gasteiger partial charge in [0, 0.05) is 0 Å². The molecular formula is C10H15NO3. The number of aryl methyl sites for hydroxylation is 1. The summed E-state index contributed by atoms with van der Waals surface area (Å²) in [7, 11) is 0. The van der Waals surface area contributed by atoms with Gasteiger partial charge in [0.2, 0.25) is 0 Å². The van der Waals surface area contributed by atoms with E-state index >= 15 is 0 Å². The van der Waals surface area contributed by atoms with Crippen LogP contribution >= 0.6 is 0 Å². The largest absolute Gasteiger partial charge is 0.481 e. The highest BCUT2D eigenvalue weighted by Gasteiger charge is 2.18. The van der Waals surface area contributed by atoms with Gasteiger partial charge in [-0.1, -0.05) is 6.92 Å². The van der Waals surface area contributed by atoms with Crippen molar-refractivity contribution in [2.45, 2.75) is 26.3 Å². The normalized spacial score (nSPS) is 15.1. The van der Waals surface area contributed by atoms with E-state index in [-0.39, 0.29) is 6.04 Å². The molecule has 0 aliphatic rings. The van der Waals surface area contributed by atoms with Crippen LogP contribution in [-0.2, 0) is 4.79 Å². The van der Waals surface area contributed by atoms with E-state index in [2.05, 4.69) is 0 Å². The zero-order valence-electron chi connectivity index (χ0n) is 8.36. The van der Waals surface area contributed by atoms with Crippen LogP contribution in [0.25, 0.3) is 0 Å². The zero-order valence-corrected chi connectivity index (χ0v) is 8.36. The van der Waals surface area contributed by atoms with Crippen LogP contribution in [0.1, 0.15) is 30.9 Å². The number of hydrogen-bond acceptors (Lipinski definition) is 3. The molecule has 1 aromatic rings. The minimum atomic E-state index is -0.830. The van der Waals surface area contributed by atoms with Gasteiger partial charge in [0.05, 0.1) is 12.0 Å². The molecule has 0 aromatic carbocycles. The lowest BCUT2D eigenvalue weighted by Crippen LogP contribution is -2.18. The van der Waals surface area contributed by atoms with Gasteiger partial charge in [-0.2, -0.15) is 0 Å². The second kappa shape index (κ2) is 4.28. The van der Waals surface area contributed by atoms with Crippen molar-refractivity contribution >= 4 is 5.97 Å². The Bertz CT molecular complexity index is 319. The highest BCUT2D eigenvalue weighted by atomic mass is 16.4. The average molecular weight is 197 g/mol. The quantitative estimate of drug-likeness (QED) is 0.770. The Labute approximate surface area is 82.7 Å². The van der Waals surface area contributed by atoms with Crippen LogP contribution in [0.2, 0.25) is 0 Å². The van der Waals surface area contributed by atoms with E-state index in [1.807, 2.05) is 13.0 Å². The summed E-state index contributed by atoms with van der Waals surface area (Å²) in [5.74, 6) is 0.160. The summed E-state index contributed by atoms with van der Waals surface area (Å²) < 4.78 is 5.31. The van der Waals surface area contributed by atoms with Crippen LogP contribution in [0.3, 0.4) is 0 Å². The number of furan rings is 1. The third-order valence-electron chi connectivity index (χ3n) is 2.16. The molecule has 0 aliphatic carbocycles. The Balaban J connectivity index is 2.58. The number of carbonyl (C=O) groups is 1. The lowest BCUT2D eigenvalue weighted by molar-refractivity contribution is -0.141. The van der Waals surface area contributed by atoms with Gasteiger partial charge >= 0.3 is 5.97 Å². The minimum Gasteiger partial charge on any atom is -0.481 e. The standard InChI is InChI=1S/C10H15NO3/c1-6(10(12)13)5-8(11)9-4-3-7(2)14-9/h3-4,6,8H,5,11H2,1-2H3,(H,12,13). The van der Waals surface area contributed by atoms with Gasteiger partial charge in [0.1, 0.15) is 11.5 Å². The Morgan fingerprint density at radius 3 is 2.71 bits per heavy atom. The van der Waals surface area contributed by atoms with E-state index < -0.39 is 11.9 Å². The van der Waals surface area contributed by atoms with Gasteiger partial charge in [0.25, 0.3) is 0 Å². The van der Waals surface area contributed by atoms with Crippen LogP contribution in [0.5, 0.6) is 0 Å². The molecule has 0 saturated carbocycles. The van der Waals surface area contributed by atoms with Gasteiger partial charge in [-0.15, -0.1) is 0 Å². The SMILES string of the molecule is Cc1ccc(C(N)CC(C)C(=O)O)o1. The Hall–Kier alpha value is -1.29. The molecule has 0 radical (unpaired) electrons. The van der Waals surface area contributed by atoms with Gasteiger partial charge in [-0.3, -0.25) is 4.79 Å². The molecule has 0 fully saturated rings. The molecule has 1 rings (SSSR count). The molecule has 3 N–H and O–H groups in total. The monoisotopic (exact) mass is 197 g/mol. The molecule has 4 heteroatoms. The molecule has 1 aromatic heterocycles. The first-order valence-electron chi connectivity index (χ1n) is 4.55. The fourth-order valence-electron chi connectivity index (χ4n) is 1.25. The first kappa shape index (κ1) is 10.8. The van der Waals surface area contributed by atoms with E-state index in [1.54, 1.807) is 13.0 Å². The first-order chi connectivity index (χ1) is 6.50. The van der Waals surface area contributed by atoms with Crippen LogP contribution in [0, 0.1) is 12.8 Å². The average Bonchev–Trinajstić information content (AvgIpc) is 2.51. The lowest BCUT2D eigenvalue weighted by Gasteiger charge is -2.11. The predicted molar refractivity (Wildman–Crippen MR) is 51.8 cm³/mol. The number of rotatable bonds is 4. The summed E-state index contributed by atoms with van der Waals surface area (Å²) in [6.45, 7) is 3.47. The minimum absolute atomic E-state index is 0.338. The van der Waals surface area contributed by atoms with Crippen molar-refractivity contribution in [2.75, 3.05) is 0 Å². The maximum atomic E-state index is 10.6. The number of nitrogens with two attached hydrogens (primary N) is 1. The third-order valence-corrected chi connectivity index (χ3v) is 2.16. The molecule has 0 saturated heterocycles. The smallest absolute Gasteiger partial charge is 0.306 e. The number of carboxylic acid groups (broad SMARTS) is 1. The summed E-state index contributed by atoms with van der Waals surface area (Å²) in [6, 6.07) is 3.27. The van der Waals surface area contributed by atoms with Gasteiger partial charge < -0.3 is 15.3 Å². The fourth-order valence-corrected chi connectivity index (χ4v) is 1.25. The predicted octanol–water partition coefficient (Wildman–Crippen LogP) is 1.70. The van der Waals surface area contributed by atoms with E-state index in [9.17, 15) is 4.79 Å². The number of aliphatic carboxylic acids is 1. The lowest BCUT2D eigenvalue weighted by atomic mass is 10.0. The van der Waals surface area contributed by atoms with Crippen molar-refractivity contribution in [3.8, 4) is 0 Å². The maximum Gasteiger partial charge on any atom is 0.306 e. The zero-order chi connectivity index (χ0) is 10.7. The van der Waals surface area contributed by atoms with Crippen molar-refractivity contribution in [3.63, 3.8) is 0 Å². The van der Waals surface area contributed by atoms with Gasteiger partial charge in [-0.25, -0.2) is 0 Å². The molecule has 78 valence electrons. The molecule has 0 amide bonds.